The van der Waals surface area contributed by atoms with E-state index in [1.807, 2.05) is 67.6 Å². The van der Waals surface area contributed by atoms with E-state index in [2.05, 4.69) is 10.1 Å². The Bertz CT molecular complexity index is 1020. The number of hydrogen-bond donors (Lipinski definition) is 0. The molecule has 2 heterocycles. The average Bonchev–Trinajstić information content (AvgIpc) is 3.26. The maximum absolute atomic E-state index is 11.6. The smallest absolute Gasteiger partial charge is 0.153 e. The predicted molar refractivity (Wildman–Crippen MR) is 100 cm³/mol. The Balaban J connectivity index is 1.81. The van der Waals surface area contributed by atoms with Crippen molar-refractivity contribution in [2.75, 3.05) is 0 Å². The van der Waals surface area contributed by atoms with Gasteiger partial charge in [-0.2, -0.15) is 5.10 Å². The maximum Gasteiger partial charge on any atom is 0.153 e. The summed E-state index contributed by atoms with van der Waals surface area (Å²) in [5.74, 6) is 0. The minimum absolute atomic E-state index is 0.565. The first-order valence-electron chi connectivity index (χ1n) is 7.90. The zero-order valence-electron chi connectivity index (χ0n) is 13.6. The third kappa shape index (κ3) is 2.90. The number of aryl methyl sites for hydroxylation is 1. The maximum atomic E-state index is 11.6. The van der Waals surface area contributed by atoms with Crippen LogP contribution in [0.3, 0.4) is 0 Å². The fourth-order valence-corrected chi connectivity index (χ4v) is 3.76. The number of nitrogens with zero attached hydrogens (tertiary/aromatic N) is 3. The first-order valence-corrected chi connectivity index (χ1v) is 8.71. The van der Waals surface area contributed by atoms with Crippen LogP contribution in [0.1, 0.15) is 16.1 Å². The molecule has 0 atom stereocenters. The molecule has 0 N–H and O–H groups in total. The molecule has 0 radical (unpaired) electrons. The Morgan fingerprint density at radius 3 is 2.36 bits per heavy atom. The van der Waals surface area contributed by atoms with E-state index in [-0.39, 0.29) is 0 Å². The molecule has 25 heavy (non-hydrogen) atoms. The summed E-state index contributed by atoms with van der Waals surface area (Å²) in [6.45, 7) is 1.95. The second kappa shape index (κ2) is 6.45. The Hall–Kier alpha value is -3.05. The Labute approximate surface area is 149 Å². The Morgan fingerprint density at radius 1 is 1.00 bits per heavy atom. The van der Waals surface area contributed by atoms with E-state index in [1.54, 1.807) is 22.2 Å². The van der Waals surface area contributed by atoms with Crippen molar-refractivity contribution >= 4 is 17.6 Å². The lowest BCUT2D eigenvalue weighted by Gasteiger charge is -1.99. The summed E-state index contributed by atoms with van der Waals surface area (Å²) in [6, 6.07) is 19.8. The molecule has 0 bridgehead atoms. The SMILES string of the molecule is Cc1nc(-c2ccccc2)sc1-c1nn(-c2ccccc2)cc1C=O. The highest BCUT2D eigenvalue weighted by molar-refractivity contribution is 7.18. The predicted octanol–water partition coefficient (Wildman–Crippen LogP) is 4.78. The van der Waals surface area contributed by atoms with Crippen molar-refractivity contribution in [1.82, 2.24) is 14.8 Å². The van der Waals surface area contributed by atoms with E-state index >= 15 is 0 Å². The van der Waals surface area contributed by atoms with Crippen LogP contribution in [0.2, 0.25) is 0 Å². The van der Waals surface area contributed by atoms with Crippen LogP contribution in [0.25, 0.3) is 26.8 Å². The van der Waals surface area contributed by atoms with Gasteiger partial charge in [0.15, 0.2) is 6.29 Å². The van der Waals surface area contributed by atoms with Crippen LogP contribution in [-0.4, -0.2) is 21.1 Å². The lowest BCUT2D eigenvalue weighted by Crippen LogP contribution is -1.93. The van der Waals surface area contributed by atoms with Crippen LogP contribution >= 0.6 is 11.3 Å². The van der Waals surface area contributed by atoms with Gasteiger partial charge in [0, 0.05) is 11.8 Å². The first-order chi connectivity index (χ1) is 12.3. The van der Waals surface area contributed by atoms with Gasteiger partial charge in [-0.05, 0) is 19.1 Å². The monoisotopic (exact) mass is 345 g/mol. The van der Waals surface area contributed by atoms with Gasteiger partial charge in [-0.3, -0.25) is 4.79 Å². The third-order valence-corrected chi connectivity index (χ3v) is 5.14. The van der Waals surface area contributed by atoms with Gasteiger partial charge < -0.3 is 0 Å². The third-order valence-electron chi connectivity index (χ3n) is 3.92. The van der Waals surface area contributed by atoms with E-state index < -0.39 is 0 Å². The highest BCUT2D eigenvalue weighted by atomic mass is 32.1. The zero-order chi connectivity index (χ0) is 17.2. The normalized spacial score (nSPS) is 10.8. The molecule has 2 aromatic carbocycles. The van der Waals surface area contributed by atoms with Crippen molar-refractivity contribution in [3.63, 3.8) is 0 Å². The van der Waals surface area contributed by atoms with Crippen molar-refractivity contribution in [1.29, 1.82) is 0 Å². The average molecular weight is 345 g/mol. The van der Waals surface area contributed by atoms with Crippen molar-refractivity contribution in [3.8, 4) is 26.8 Å². The molecular weight excluding hydrogens is 330 g/mol. The Morgan fingerprint density at radius 2 is 1.68 bits per heavy atom. The van der Waals surface area contributed by atoms with E-state index in [1.165, 1.54) is 0 Å². The summed E-state index contributed by atoms with van der Waals surface area (Å²) < 4.78 is 1.74. The molecule has 4 nitrogen and oxygen atoms in total. The lowest BCUT2D eigenvalue weighted by molar-refractivity contribution is 0.112. The molecule has 0 aliphatic heterocycles. The second-order valence-electron chi connectivity index (χ2n) is 5.63. The van der Waals surface area contributed by atoms with Gasteiger partial charge >= 0.3 is 0 Å². The summed E-state index contributed by atoms with van der Waals surface area (Å²) in [5, 5.41) is 5.58. The largest absolute Gasteiger partial charge is 0.298 e. The summed E-state index contributed by atoms with van der Waals surface area (Å²) in [4.78, 5) is 17.2. The molecule has 0 aliphatic carbocycles. The van der Waals surface area contributed by atoms with Crippen molar-refractivity contribution in [2.24, 2.45) is 0 Å². The molecule has 4 rings (SSSR count). The molecule has 0 saturated heterocycles. The van der Waals surface area contributed by atoms with Gasteiger partial charge in [0.25, 0.3) is 0 Å². The van der Waals surface area contributed by atoms with Gasteiger partial charge in [-0.15, -0.1) is 11.3 Å². The zero-order valence-corrected chi connectivity index (χ0v) is 14.4. The number of hydrogen-bond acceptors (Lipinski definition) is 4. The number of benzene rings is 2. The van der Waals surface area contributed by atoms with Crippen LogP contribution in [0.5, 0.6) is 0 Å². The van der Waals surface area contributed by atoms with Crippen LogP contribution in [-0.2, 0) is 0 Å². The number of aldehydes is 1. The van der Waals surface area contributed by atoms with Crippen LogP contribution in [0.15, 0.2) is 66.9 Å². The number of rotatable bonds is 4. The number of carbonyl (C=O) groups excluding carboxylic acids is 1. The molecule has 0 aliphatic rings. The molecular formula is C20H15N3OS. The molecule has 0 saturated carbocycles. The van der Waals surface area contributed by atoms with Crippen molar-refractivity contribution in [3.05, 3.63) is 78.1 Å². The number of aromatic nitrogens is 3. The topological polar surface area (TPSA) is 47.8 Å². The minimum Gasteiger partial charge on any atom is -0.298 e. The van der Waals surface area contributed by atoms with E-state index in [9.17, 15) is 4.79 Å². The van der Waals surface area contributed by atoms with Gasteiger partial charge in [0.1, 0.15) is 10.7 Å². The van der Waals surface area contributed by atoms with E-state index in [4.69, 9.17) is 0 Å². The second-order valence-corrected chi connectivity index (χ2v) is 6.63. The van der Waals surface area contributed by atoms with Crippen LogP contribution in [0.4, 0.5) is 0 Å². The fourth-order valence-electron chi connectivity index (χ4n) is 2.68. The van der Waals surface area contributed by atoms with Gasteiger partial charge in [0.05, 0.1) is 21.8 Å². The molecule has 122 valence electrons. The molecule has 0 unspecified atom stereocenters. The summed E-state index contributed by atoms with van der Waals surface area (Å²) in [5.41, 5.74) is 4.11. The molecule has 5 heteroatoms. The lowest BCUT2D eigenvalue weighted by atomic mass is 10.2. The van der Waals surface area contributed by atoms with Crippen molar-refractivity contribution < 1.29 is 4.79 Å². The minimum atomic E-state index is 0.565. The van der Waals surface area contributed by atoms with Gasteiger partial charge in [0.2, 0.25) is 0 Å². The quantitative estimate of drug-likeness (QED) is 0.500. The van der Waals surface area contributed by atoms with Crippen LogP contribution in [0, 0.1) is 6.92 Å². The molecule has 0 amide bonds. The standard InChI is InChI=1S/C20H15N3OS/c1-14-19(25-20(21-14)15-8-4-2-5-9-15)18-16(13-24)12-23(22-18)17-10-6-3-7-11-17/h2-13H,1H3. The summed E-state index contributed by atoms with van der Waals surface area (Å²) >= 11 is 1.56. The molecule has 0 fully saturated rings. The van der Waals surface area contributed by atoms with E-state index in [0.29, 0.717) is 11.3 Å². The molecule has 4 aromatic rings. The fraction of sp³-hybridized carbons (Fsp3) is 0.0500. The molecule has 2 aromatic heterocycles. The Kier molecular flexibility index (Phi) is 3.99. The number of carbonyl (C=O) groups is 1. The summed E-state index contributed by atoms with van der Waals surface area (Å²) in [6.07, 6.45) is 2.61. The molecule has 0 spiro atoms. The number of thiazole rings is 1. The van der Waals surface area contributed by atoms with E-state index in [0.717, 1.165) is 33.1 Å². The van der Waals surface area contributed by atoms with Crippen molar-refractivity contribution in [2.45, 2.75) is 6.92 Å². The van der Waals surface area contributed by atoms with Gasteiger partial charge in [-0.25, -0.2) is 9.67 Å². The highest BCUT2D eigenvalue weighted by Gasteiger charge is 2.18. The summed E-state index contributed by atoms with van der Waals surface area (Å²) in [7, 11) is 0. The van der Waals surface area contributed by atoms with Gasteiger partial charge in [-0.1, -0.05) is 48.5 Å². The van der Waals surface area contributed by atoms with Crippen LogP contribution < -0.4 is 0 Å². The first kappa shape index (κ1) is 15.5. The highest BCUT2D eigenvalue weighted by Crippen LogP contribution is 2.35. The number of para-hydroxylation sites is 1.